The number of hydrogen-bond acceptors (Lipinski definition) is 5. The van der Waals surface area contributed by atoms with Crippen molar-refractivity contribution in [1.82, 2.24) is 19.8 Å². The van der Waals surface area contributed by atoms with Gasteiger partial charge in [-0.2, -0.15) is 0 Å². The summed E-state index contributed by atoms with van der Waals surface area (Å²) in [6, 6.07) is 1.24. The number of carbonyl (C=O) groups is 1. The van der Waals surface area contributed by atoms with Crippen LogP contribution in [0.4, 0.5) is 8.78 Å². The van der Waals surface area contributed by atoms with Crippen LogP contribution in [0, 0.1) is 12.7 Å². The van der Waals surface area contributed by atoms with Crippen LogP contribution >= 0.6 is 11.3 Å². The average Bonchev–Trinajstić information content (AvgIpc) is 3.13. The van der Waals surface area contributed by atoms with Crippen molar-refractivity contribution in [3.8, 4) is 0 Å². The quantitative estimate of drug-likeness (QED) is 0.816. The third-order valence-electron chi connectivity index (χ3n) is 4.34. The van der Waals surface area contributed by atoms with Gasteiger partial charge >= 0.3 is 0 Å². The molecule has 0 saturated carbocycles. The second-order valence-electron chi connectivity index (χ2n) is 6.32. The molecular weight excluding hydrogens is 346 g/mol. The highest BCUT2D eigenvalue weighted by Gasteiger charge is 2.34. The molecule has 2 aromatic rings. The number of alkyl halides is 1. The number of nitrogens with zero attached hydrogens (tertiary/aromatic N) is 4. The summed E-state index contributed by atoms with van der Waals surface area (Å²) in [5.41, 5.74) is 0.893. The number of halogens is 2. The standard InChI is InChI=1S/C17H20F2N4OS/c1-11-21-13(10-25-11)8-23-7-12(18)5-14(23)9-22(2)17(24)15-3-4-20-6-16(15)19/h3-4,6,10,12,14H,5,7-9H2,1-2H3/t12-,14-/m0/s1. The minimum Gasteiger partial charge on any atom is -0.340 e. The van der Waals surface area contributed by atoms with Crippen LogP contribution in [0.5, 0.6) is 0 Å². The van der Waals surface area contributed by atoms with E-state index in [1.165, 1.54) is 17.2 Å². The summed E-state index contributed by atoms with van der Waals surface area (Å²) in [5.74, 6) is -1.07. The third-order valence-corrected chi connectivity index (χ3v) is 5.16. The Balaban J connectivity index is 1.67. The zero-order chi connectivity index (χ0) is 18.0. The van der Waals surface area contributed by atoms with Crippen molar-refractivity contribution < 1.29 is 13.6 Å². The van der Waals surface area contributed by atoms with E-state index in [4.69, 9.17) is 0 Å². The van der Waals surface area contributed by atoms with Crippen molar-refractivity contribution in [1.29, 1.82) is 0 Å². The lowest BCUT2D eigenvalue weighted by atomic mass is 10.1. The van der Waals surface area contributed by atoms with E-state index in [2.05, 4.69) is 9.97 Å². The van der Waals surface area contributed by atoms with Crippen LogP contribution in [-0.4, -0.2) is 58.0 Å². The fourth-order valence-electron chi connectivity index (χ4n) is 3.15. The van der Waals surface area contributed by atoms with Gasteiger partial charge in [0.2, 0.25) is 0 Å². The summed E-state index contributed by atoms with van der Waals surface area (Å²) in [6.45, 7) is 3.15. The molecule has 1 saturated heterocycles. The maximum absolute atomic E-state index is 13.9. The number of amides is 1. The summed E-state index contributed by atoms with van der Waals surface area (Å²) in [6.07, 6.45) is 1.84. The van der Waals surface area contributed by atoms with Crippen LogP contribution in [0.15, 0.2) is 23.8 Å². The van der Waals surface area contributed by atoms with Gasteiger partial charge in [-0.05, 0) is 19.4 Å². The Kier molecular flexibility index (Phi) is 5.39. The zero-order valence-corrected chi connectivity index (χ0v) is 15.0. The van der Waals surface area contributed by atoms with Gasteiger partial charge in [-0.1, -0.05) is 0 Å². The molecule has 0 spiro atoms. The molecule has 0 radical (unpaired) electrons. The lowest BCUT2D eigenvalue weighted by Crippen LogP contribution is -2.41. The summed E-state index contributed by atoms with van der Waals surface area (Å²) in [5, 5.41) is 2.95. The molecule has 1 aliphatic heterocycles. The number of aromatic nitrogens is 2. The van der Waals surface area contributed by atoms with Crippen molar-refractivity contribution in [2.24, 2.45) is 0 Å². The normalized spacial score (nSPS) is 20.8. The highest BCUT2D eigenvalue weighted by atomic mass is 32.1. The first-order valence-electron chi connectivity index (χ1n) is 8.08. The minimum absolute atomic E-state index is 0.0195. The van der Waals surface area contributed by atoms with Crippen molar-refractivity contribution in [2.75, 3.05) is 20.1 Å². The Labute approximate surface area is 149 Å². The van der Waals surface area contributed by atoms with Crippen LogP contribution in [-0.2, 0) is 6.54 Å². The molecule has 1 fully saturated rings. The lowest BCUT2D eigenvalue weighted by Gasteiger charge is -2.28. The van der Waals surface area contributed by atoms with Gasteiger partial charge in [0, 0.05) is 44.3 Å². The van der Waals surface area contributed by atoms with Crippen LogP contribution in [0.2, 0.25) is 0 Å². The van der Waals surface area contributed by atoms with Crippen LogP contribution in [0.1, 0.15) is 27.5 Å². The smallest absolute Gasteiger partial charge is 0.256 e. The monoisotopic (exact) mass is 366 g/mol. The second-order valence-corrected chi connectivity index (χ2v) is 7.38. The van der Waals surface area contributed by atoms with Gasteiger partial charge in [0.25, 0.3) is 5.91 Å². The number of rotatable bonds is 5. The van der Waals surface area contributed by atoms with E-state index < -0.39 is 17.9 Å². The Morgan fingerprint density at radius 2 is 2.32 bits per heavy atom. The number of pyridine rings is 1. The van der Waals surface area contributed by atoms with Gasteiger partial charge in [-0.25, -0.2) is 13.8 Å². The van der Waals surface area contributed by atoms with E-state index in [1.807, 2.05) is 17.2 Å². The van der Waals surface area contributed by atoms with Crippen molar-refractivity contribution in [2.45, 2.75) is 32.1 Å². The van der Waals surface area contributed by atoms with Gasteiger partial charge in [0.05, 0.1) is 22.5 Å². The molecule has 5 nitrogen and oxygen atoms in total. The highest BCUT2D eigenvalue weighted by molar-refractivity contribution is 7.09. The lowest BCUT2D eigenvalue weighted by molar-refractivity contribution is 0.0744. The Bertz CT molecular complexity index is 754. The predicted molar refractivity (Wildman–Crippen MR) is 91.7 cm³/mol. The van der Waals surface area contributed by atoms with Crippen LogP contribution in [0.25, 0.3) is 0 Å². The molecule has 0 N–H and O–H groups in total. The SMILES string of the molecule is Cc1nc(CN2C[C@@H](F)C[C@H]2CN(C)C(=O)c2ccncc2F)cs1. The molecule has 3 rings (SSSR count). The number of thiazole rings is 1. The summed E-state index contributed by atoms with van der Waals surface area (Å²) < 4.78 is 27.7. The maximum Gasteiger partial charge on any atom is 0.256 e. The van der Waals surface area contributed by atoms with Gasteiger partial charge in [0.1, 0.15) is 6.17 Å². The van der Waals surface area contributed by atoms with Crippen molar-refractivity contribution in [3.05, 3.63) is 45.9 Å². The topological polar surface area (TPSA) is 49.3 Å². The largest absolute Gasteiger partial charge is 0.340 e. The van der Waals surface area contributed by atoms with E-state index in [9.17, 15) is 13.6 Å². The predicted octanol–water partition coefficient (Wildman–Crippen LogP) is 2.67. The molecule has 8 heteroatoms. The fourth-order valence-corrected chi connectivity index (χ4v) is 3.75. The summed E-state index contributed by atoms with van der Waals surface area (Å²) >= 11 is 1.56. The minimum atomic E-state index is -0.925. The molecule has 1 amide bonds. The first kappa shape index (κ1) is 17.9. The first-order chi connectivity index (χ1) is 11.9. The van der Waals surface area contributed by atoms with E-state index >= 15 is 0 Å². The first-order valence-corrected chi connectivity index (χ1v) is 8.96. The number of likely N-dealkylation sites (tertiary alicyclic amines) is 1. The highest BCUT2D eigenvalue weighted by Crippen LogP contribution is 2.24. The molecule has 25 heavy (non-hydrogen) atoms. The molecule has 1 aliphatic rings. The number of aryl methyl sites for hydroxylation is 1. The number of hydrogen-bond donors (Lipinski definition) is 0. The van der Waals surface area contributed by atoms with E-state index in [1.54, 1.807) is 18.4 Å². The van der Waals surface area contributed by atoms with Crippen LogP contribution in [0.3, 0.4) is 0 Å². The Morgan fingerprint density at radius 3 is 3.00 bits per heavy atom. The zero-order valence-electron chi connectivity index (χ0n) is 14.2. The fraction of sp³-hybridized carbons (Fsp3) is 0.471. The molecule has 0 aliphatic carbocycles. The Morgan fingerprint density at radius 1 is 1.52 bits per heavy atom. The number of carbonyl (C=O) groups excluding carboxylic acids is 1. The average molecular weight is 366 g/mol. The number of likely N-dealkylation sites (N-methyl/N-ethyl adjacent to an activating group) is 1. The summed E-state index contributed by atoms with van der Waals surface area (Å²) in [7, 11) is 1.61. The van der Waals surface area contributed by atoms with E-state index in [0.717, 1.165) is 16.9 Å². The molecule has 2 atom stereocenters. The Hall–Kier alpha value is -1.93. The third kappa shape index (κ3) is 4.19. The van der Waals surface area contributed by atoms with Crippen molar-refractivity contribution in [3.63, 3.8) is 0 Å². The van der Waals surface area contributed by atoms with Gasteiger partial charge < -0.3 is 4.90 Å². The van der Waals surface area contributed by atoms with Crippen molar-refractivity contribution >= 4 is 17.2 Å². The van der Waals surface area contributed by atoms with Gasteiger partial charge in [0.15, 0.2) is 5.82 Å². The second kappa shape index (κ2) is 7.53. The van der Waals surface area contributed by atoms with Gasteiger partial charge in [-0.15, -0.1) is 11.3 Å². The van der Waals surface area contributed by atoms with E-state index in [-0.39, 0.29) is 11.6 Å². The maximum atomic E-state index is 13.9. The summed E-state index contributed by atoms with van der Waals surface area (Å²) in [4.78, 5) is 24.0. The molecule has 0 aromatic carbocycles. The van der Waals surface area contributed by atoms with Crippen LogP contribution < -0.4 is 0 Å². The van der Waals surface area contributed by atoms with E-state index in [0.29, 0.717) is 26.1 Å². The molecule has 2 aromatic heterocycles. The molecule has 3 heterocycles. The van der Waals surface area contributed by atoms with Gasteiger partial charge in [-0.3, -0.25) is 14.7 Å². The molecule has 0 bridgehead atoms. The molecular formula is C17H20F2N4OS. The molecule has 134 valence electrons. The molecule has 0 unspecified atom stereocenters.